The van der Waals surface area contributed by atoms with E-state index in [1.807, 2.05) is 4.90 Å². The van der Waals surface area contributed by atoms with E-state index >= 15 is 0 Å². The molecule has 23 heavy (non-hydrogen) atoms. The summed E-state index contributed by atoms with van der Waals surface area (Å²) in [5.41, 5.74) is 10.9. The summed E-state index contributed by atoms with van der Waals surface area (Å²) in [6, 6.07) is 4.59. The lowest BCUT2D eigenvalue weighted by atomic mass is 10.0. The number of nitrogens with two attached hydrogens (primary N) is 2. The molecule has 0 spiro atoms. The van der Waals surface area contributed by atoms with Crippen LogP contribution in [-0.4, -0.2) is 29.9 Å². The van der Waals surface area contributed by atoms with Crippen molar-refractivity contribution in [1.82, 2.24) is 4.90 Å². The second kappa shape index (κ2) is 6.89. The van der Waals surface area contributed by atoms with Crippen LogP contribution in [0.1, 0.15) is 25.3 Å². The van der Waals surface area contributed by atoms with Crippen LogP contribution in [0.3, 0.4) is 0 Å². The summed E-state index contributed by atoms with van der Waals surface area (Å²) in [6.45, 7) is 3.70. The van der Waals surface area contributed by atoms with Crippen molar-refractivity contribution in [2.75, 3.05) is 13.1 Å². The maximum atomic E-state index is 12.7. The number of alkyl halides is 3. The normalized spacial score (nSPS) is 20.7. The number of aliphatic imine (C=N–C) groups is 2. The topological polar surface area (TPSA) is 80.0 Å². The third-order valence-corrected chi connectivity index (χ3v) is 3.63. The molecule has 2 rings (SSSR count). The molecule has 1 saturated heterocycles. The molecule has 5 nitrogen and oxygen atoms in total. The second-order valence-corrected chi connectivity index (χ2v) is 5.68. The average Bonchev–Trinajstić information content (AvgIpc) is 2.46. The van der Waals surface area contributed by atoms with Crippen LogP contribution in [0.15, 0.2) is 34.3 Å². The minimum atomic E-state index is -4.42. The molecule has 0 bridgehead atoms. The summed E-state index contributed by atoms with van der Waals surface area (Å²) in [5, 5.41) is 0. The number of likely N-dealkylation sites (tertiary alicyclic amines) is 1. The first-order valence-corrected chi connectivity index (χ1v) is 7.36. The Morgan fingerprint density at radius 1 is 1.30 bits per heavy atom. The second-order valence-electron chi connectivity index (χ2n) is 5.68. The first-order valence-electron chi connectivity index (χ1n) is 7.36. The van der Waals surface area contributed by atoms with Crippen molar-refractivity contribution >= 4 is 17.6 Å². The highest BCUT2D eigenvalue weighted by atomic mass is 19.4. The van der Waals surface area contributed by atoms with E-state index in [-0.39, 0.29) is 17.6 Å². The molecule has 0 radical (unpaired) electrons. The number of rotatable bonds is 1. The van der Waals surface area contributed by atoms with Gasteiger partial charge in [0.15, 0.2) is 5.96 Å². The van der Waals surface area contributed by atoms with Gasteiger partial charge in [0.1, 0.15) is 0 Å². The molecule has 1 aromatic rings. The Morgan fingerprint density at radius 3 is 2.70 bits per heavy atom. The molecule has 4 N–H and O–H groups in total. The van der Waals surface area contributed by atoms with E-state index in [2.05, 4.69) is 16.9 Å². The minimum Gasteiger partial charge on any atom is -0.369 e. The maximum absolute atomic E-state index is 12.7. The van der Waals surface area contributed by atoms with Crippen LogP contribution >= 0.6 is 0 Å². The van der Waals surface area contributed by atoms with Crippen molar-refractivity contribution in [1.29, 1.82) is 0 Å². The molecule has 0 aliphatic carbocycles. The Labute approximate surface area is 132 Å². The molecule has 0 saturated carbocycles. The lowest BCUT2D eigenvalue weighted by molar-refractivity contribution is -0.137. The summed E-state index contributed by atoms with van der Waals surface area (Å²) in [6.07, 6.45) is -2.27. The zero-order chi connectivity index (χ0) is 17.0. The molecule has 1 aliphatic heterocycles. The molecule has 126 valence electrons. The molecule has 1 aliphatic rings. The Hall–Kier alpha value is -2.25. The monoisotopic (exact) mass is 327 g/mol. The lowest BCUT2D eigenvalue weighted by Crippen LogP contribution is -2.44. The van der Waals surface area contributed by atoms with E-state index in [4.69, 9.17) is 11.5 Å². The van der Waals surface area contributed by atoms with Gasteiger partial charge in [0.25, 0.3) is 0 Å². The molecule has 1 heterocycles. The van der Waals surface area contributed by atoms with E-state index < -0.39 is 11.7 Å². The van der Waals surface area contributed by atoms with Crippen molar-refractivity contribution in [2.45, 2.75) is 25.9 Å². The highest BCUT2D eigenvalue weighted by molar-refractivity contribution is 5.94. The quantitative estimate of drug-likeness (QED) is 0.615. The predicted molar refractivity (Wildman–Crippen MR) is 84.3 cm³/mol. The molecule has 1 aromatic carbocycles. The molecule has 1 fully saturated rings. The minimum absolute atomic E-state index is 0.0842. The van der Waals surface area contributed by atoms with Gasteiger partial charge in [-0.2, -0.15) is 18.2 Å². The van der Waals surface area contributed by atoms with Gasteiger partial charge in [-0.15, -0.1) is 0 Å². The maximum Gasteiger partial charge on any atom is 0.416 e. The third-order valence-electron chi connectivity index (χ3n) is 3.63. The first-order chi connectivity index (χ1) is 10.8. The smallest absolute Gasteiger partial charge is 0.369 e. The van der Waals surface area contributed by atoms with Crippen molar-refractivity contribution in [3.63, 3.8) is 0 Å². The number of hydrogen-bond acceptors (Lipinski definition) is 1. The van der Waals surface area contributed by atoms with Gasteiger partial charge in [0, 0.05) is 13.1 Å². The van der Waals surface area contributed by atoms with Crippen LogP contribution in [-0.2, 0) is 6.18 Å². The summed E-state index contributed by atoms with van der Waals surface area (Å²) in [4.78, 5) is 9.78. The number of benzene rings is 1. The first kappa shape index (κ1) is 17.1. The van der Waals surface area contributed by atoms with Crippen molar-refractivity contribution in [3.8, 4) is 0 Å². The van der Waals surface area contributed by atoms with E-state index in [9.17, 15) is 13.2 Å². The number of piperidine rings is 1. The van der Waals surface area contributed by atoms with E-state index in [0.717, 1.165) is 38.1 Å². The Kier molecular flexibility index (Phi) is 5.12. The average molecular weight is 327 g/mol. The Balaban J connectivity index is 2.14. The molecular formula is C15H20F3N5. The fraction of sp³-hybridized carbons (Fsp3) is 0.467. The van der Waals surface area contributed by atoms with Gasteiger partial charge in [0.2, 0.25) is 5.96 Å². The van der Waals surface area contributed by atoms with Crippen LogP contribution < -0.4 is 11.5 Å². The molecule has 1 atom stereocenters. The predicted octanol–water partition coefficient (Wildman–Crippen LogP) is 2.70. The van der Waals surface area contributed by atoms with Crippen molar-refractivity contribution < 1.29 is 13.2 Å². The van der Waals surface area contributed by atoms with Crippen LogP contribution in [0.4, 0.5) is 18.9 Å². The van der Waals surface area contributed by atoms with Gasteiger partial charge < -0.3 is 16.4 Å². The van der Waals surface area contributed by atoms with E-state index in [1.165, 1.54) is 12.1 Å². The zero-order valence-electron chi connectivity index (χ0n) is 12.8. The Morgan fingerprint density at radius 2 is 2.04 bits per heavy atom. The number of guanidine groups is 2. The Bertz CT molecular complexity index is 609. The molecule has 0 aromatic heterocycles. The summed E-state index contributed by atoms with van der Waals surface area (Å²) in [5.74, 6) is 0.587. The van der Waals surface area contributed by atoms with E-state index in [1.54, 1.807) is 0 Å². The number of nitrogens with zero attached hydrogens (tertiary/aromatic N) is 3. The largest absolute Gasteiger partial charge is 0.416 e. The summed E-state index contributed by atoms with van der Waals surface area (Å²) >= 11 is 0. The van der Waals surface area contributed by atoms with Crippen LogP contribution in [0.25, 0.3) is 0 Å². The van der Waals surface area contributed by atoms with Gasteiger partial charge in [0.05, 0.1) is 11.3 Å². The zero-order valence-corrected chi connectivity index (χ0v) is 12.8. The molecule has 1 unspecified atom stereocenters. The molecular weight excluding hydrogens is 307 g/mol. The van der Waals surface area contributed by atoms with Gasteiger partial charge in [-0.1, -0.05) is 13.0 Å². The third kappa shape index (κ3) is 4.87. The fourth-order valence-corrected chi connectivity index (χ4v) is 2.49. The van der Waals surface area contributed by atoms with Crippen LogP contribution in [0, 0.1) is 5.92 Å². The van der Waals surface area contributed by atoms with E-state index in [0.29, 0.717) is 5.92 Å². The summed E-state index contributed by atoms with van der Waals surface area (Å²) in [7, 11) is 0. The summed E-state index contributed by atoms with van der Waals surface area (Å²) < 4.78 is 38.0. The highest BCUT2D eigenvalue weighted by Crippen LogP contribution is 2.31. The van der Waals surface area contributed by atoms with Crippen LogP contribution in [0.5, 0.6) is 0 Å². The number of halogens is 3. The van der Waals surface area contributed by atoms with Crippen molar-refractivity contribution in [3.05, 3.63) is 29.8 Å². The van der Waals surface area contributed by atoms with Crippen molar-refractivity contribution in [2.24, 2.45) is 27.4 Å². The van der Waals surface area contributed by atoms with Gasteiger partial charge >= 0.3 is 6.18 Å². The molecule has 8 heteroatoms. The van der Waals surface area contributed by atoms with Gasteiger partial charge in [-0.25, -0.2) is 4.99 Å². The molecule has 0 amide bonds. The standard InChI is InChI=1S/C15H20F3N5/c1-10-4-3-7-23(9-10)14(20)22-13(19)21-12-6-2-5-11(8-12)15(16,17)18/h2,5-6,8,10H,3-4,7,9H2,1H3,(H4,19,20,21,22). The van der Waals surface area contributed by atoms with Gasteiger partial charge in [-0.3, -0.25) is 0 Å². The number of hydrogen-bond donors (Lipinski definition) is 2. The lowest BCUT2D eigenvalue weighted by Gasteiger charge is -2.31. The highest BCUT2D eigenvalue weighted by Gasteiger charge is 2.30. The fourth-order valence-electron chi connectivity index (χ4n) is 2.49. The SMILES string of the molecule is CC1CCCN(/C(N)=N/C(N)=Nc2cccc(C(F)(F)F)c2)C1. The van der Waals surface area contributed by atoms with Crippen LogP contribution in [0.2, 0.25) is 0 Å². The van der Waals surface area contributed by atoms with Gasteiger partial charge in [-0.05, 0) is 37.0 Å².